The Morgan fingerprint density at radius 1 is 1.35 bits per heavy atom. The van der Waals surface area contributed by atoms with Crippen molar-refractivity contribution >= 4 is 40.5 Å². The van der Waals surface area contributed by atoms with Gasteiger partial charge in [0.2, 0.25) is 5.95 Å². The van der Waals surface area contributed by atoms with Crippen LogP contribution in [0.1, 0.15) is 5.56 Å². The lowest BCUT2D eigenvalue weighted by atomic mass is 10.2. The van der Waals surface area contributed by atoms with Crippen LogP contribution in [-0.2, 0) is 7.05 Å². The fourth-order valence-electron chi connectivity index (χ4n) is 2.16. The van der Waals surface area contributed by atoms with Gasteiger partial charge in [0.25, 0.3) is 5.69 Å². The van der Waals surface area contributed by atoms with E-state index in [9.17, 15) is 10.1 Å². The smallest absolute Gasteiger partial charge is 0.288 e. The van der Waals surface area contributed by atoms with Crippen LogP contribution in [-0.4, -0.2) is 20.7 Å². The number of imidazole rings is 1. The maximum Gasteiger partial charge on any atom is 0.288 e. The van der Waals surface area contributed by atoms with Crippen molar-refractivity contribution in [1.82, 2.24) is 9.55 Å². The molecular formula is C15H12ClN5O2. The van der Waals surface area contributed by atoms with E-state index in [1.807, 2.05) is 35.9 Å². The zero-order valence-corrected chi connectivity index (χ0v) is 12.9. The molecule has 0 unspecified atom stereocenters. The van der Waals surface area contributed by atoms with Gasteiger partial charge >= 0.3 is 0 Å². The van der Waals surface area contributed by atoms with E-state index in [1.165, 1.54) is 18.3 Å². The molecule has 0 atom stereocenters. The van der Waals surface area contributed by atoms with Gasteiger partial charge in [-0.2, -0.15) is 5.10 Å². The Labute approximate surface area is 136 Å². The van der Waals surface area contributed by atoms with Gasteiger partial charge in [0.05, 0.1) is 22.2 Å². The molecular weight excluding hydrogens is 318 g/mol. The summed E-state index contributed by atoms with van der Waals surface area (Å²) in [6.07, 6.45) is 1.47. The molecule has 23 heavy (non-hydrogen) atoms. The number of nitro benzene ring substituents is 1. The predicted molar refractivity (Wildman–Crippen MR) is 90.0 cm³/mol. The summed E-state index contributed by atoms with van der Waals surface area (Å²) in [5.74, 6) is 0.575. The molecule has 0 saturated heterocycles. The molecule has 3 aromatic rings. The molecule has 7 nitrogen and oxygen atoms in total. The van der Waals surface area contributed by atoms with Crippen LogP contribution in [0.4, 0.5) is 11.6 Å². The third-order valence-electron chi connectivity index (χ3n) is 3.33. The Balaban J connectivity index is 1.82. The van der Waals surface area contributed by atoms with E-state index in [0.717, 1.165) is 11.0 Å². The summed E-state index contributed by atoms with van der Waals surface area (Å²) in [4.78, 5) is 14.7. The lowest BCUT2D eigenvalue weighted by Crippen LogP contribution is -1.99. The van der Waals surface area contributed by atoms with Gasteiger partial charge < -0.3 is 4.57 Å². The molecule has 0 bridgehead atoms. The number of benzene rings is 2. The van der Waals surface area contributed by atoms with Crippen LogP contribution in [0.5, 0.6) is 0 Å². The molecule has 0 fully saturated rings. The van der Waals surface area contributed by atoms with Crippen LogP contribution in [0, 0.1) is 10.1 Å². The molecule has 0 aliphatic heterocycles. The third-order valence-corrected chi connectivity index (χ3v) is 3.65. The largest absolute Gasteiger partial charge is 0.312 e. The Bertz CT molecular complexity index is 919. The highest BCUT2D eigenvalue weighted by molar-refractivity contribution is 6.32. The summed E-state index contributed by atoms with van der Waals surface area (Å²) in [5.41, 5.74) is 5.08. The predicted octanol–water partition coefficient (Wildman–Crippen LogP) is 3.58. The number of nitrogens with one attached hydrogen (secondary N) is 1. The third kappa shape index (κ3) is 3.00. The van der Waals surface area contributed by atoms with Crippen LogP contribution in [0.25, 0.3) is 11.0 Å². The van der Waals surface area contributed by atoms with Gasteiger partial charge in [0, 0.05) is 18.7 Å². The number of rotatable bonds is 4. The standard InChI is InChI=1S/C15H12ClN5O2/c1-20-13-5-3-2-4-12(13)18-15(20)19-17-9-10-6-7-11(16)14(8-10)21(22)23/h2-9H,1H3,(H,18,19)/b17-9-. The summed E-state index contributed by atoms with van der Waals surface area (Å²) in [5, 5.41) is 15.0. The van der Waals surface area contributed by atoms with Gasteiger partial charge in [-0.05, 0) is 18.2 Å². The zero-order valence-electron chi connectivity index (χ0n) is 12.1. The molecule has 0 saturated carbocycles. The molecule has 0 spiro atoms. The van der Waals surface area contributed by atoms with Gasteiger partial charge in [-0.1, -0.05) is 29.8 Å². The number of nitrogens with zero attached hydrogens (tertiary/aromatic N) is 4. The van der Waals surface area contributed by atoms with Gasteiger partial charge in [-0.25, -0.2) is 10.4 Å². The minimum Gasteiger partial charge on any atom is -0.312 e. The normalized spacial score (nSPS) is 11.2. The van der Waals surface area contributed by atoms with E-state index in [0.29, 0.717) is 11.5 Å². The van der Waals surface area contributed by atoms with Gasteiger partial charge in [-0.3, -0.25) is 10.1 Å². The number of hydrazone groups is 1. The SMILES string of the molecule is Cn1c(N/N=C\c2ccc(Cl)c([N+](=O)[O-])c2)nc2ccccc21. The number of para-hydroxylation sites is 2. The summed E-state index contributed by atoms with van der Waals surface area (Å²) in [6, 6.07) is 12.2. The van der Waals surface area contributed by atoms with Gasteiger partial charge in [0.15, 0.2) is 0 Å². The summed E-state index contributed by atoms with van der Waals surface area (Å²) >= 11 is 5.77. The van der Waals surface area contributed by atoms with Crippen LogP contribution in [0.3, 0.4) is 0 Å². The van der Waals surface area contributed by atoms with Crippen molar-refractivity contribution in [1.29, 1.82) is 0 Å². The zero-order chi connectivity index (χ0) is 16.4. The molecule has 3 rings (SSSR count). The number of halogens is 1. The molecule has 0 radical (unpaired) electrons. The van der Waals surface area contributed by atoms with E-state index in [4.69, 9.17) is 11.6 Å². The molecule has 8 heteroatoms. The molecule has 1 N–H and O–H groups in total. The molecule has 1 heterocycles. The first-order valence-electron chi connectivity index (χ1n) is 6.71. The summed E-state index contributed by atoms with van der Waals surface area (Å²) < 4.78 is 1.87. The molecule has 116 valence electrons. The van der Waals surface area contributed by atoms with Crippen LogP contribution in [0.2, 0.25) is 5.02 Å². The van der Waals surface area contributed by atoms with Crippen molar-refractivity contribution in [2.24, 2.45) is 12.1 Å². The lowest BCUT2D eigenvalue weighted by molar-refractivity contribution is -0.384. The first kappa shape index (κ1) is 15.0. The summed E-state index contributed by atoms with van der Waals surface area (Å²) in [6.45, 7) is 0. The van der Waals surface area contributed by atoms with E-state index < -0.39 is 4.92 Å². The molecule has 2 aromatic carbocycles. The highest BCUT2D eigenvalue weighted by atomic mass is 35.5. The van der Waals surface area contributed by atoms with Crippen molar-refractivity contribution in [2.45, 2.75) is 0 Å². The van der Waals surface area contributed by atoms with Crippen LogP contribution >= 0.6 is 11.6 Å². The first-order chi connectivity index (χ1) is 11.1. The Morgan fingerprint density at radius 2 is 2.13 bits per heavy atom. The fraction of sp³-hybridized carbons (Fsp3) is 0.0667. The maximum atomic E-state index is 10.9. The Kier molecular flexibility index (Phi) is 3.94. The first-order valence-corrected chi connectivity index (χ1v) is 7.08. The van der Waals surface area contributed by atoms with Crippen molar-refractivity contribution in [3.63, 3.8) is 0 Å². The lowest BCUT2D eigenvalue weighted by Gasteiger charge is -2.00. The van der Waals surface area contributed by atoms with Crippen molar-refractivity contribution in [3.8, 4) is 0 Å². The van der Waals surface area contributed by atoms with E-state index in [2.05, 4.69) is 15.5 Å². The fourth-order valence-corrected chi connectivity index (χ4v) is 2.35. The van der Waals surface area contributed by atoms with Crippen molar-refractivity contribution in [3.05, 3.63) is 63.2 Å². The van der Waals surface area contributed by atoms with Crippen molar-refractivity contribution < 1.29 is 4.92 Å². The second-order valence-corrected chi connectivity index (χ2v) is 5.23. The number of nitro groups is 1. The van der Waals surface area contributed by atoms with Crippen LogP contribution < -0.4 is 5.43 Å². The van der Waals surface area contributed by atoms with Crippen molar-refractivity contribution in [2.75, 3.05) is 5.43 Å². The number of hydrogen-bond acceptors (Lipinski definition) is 5. The number of hydrogen-bond donors (Lipinski definition) is 1. The highest BCUT2D eigenvalue weighted by Crippen LogP contribution is 2.24. The number of anilines is 1. The minimum atomic E-state index is -0.529. The average Bonchev–Trinajstić information content (AvgIpc) is 2.85. The van der Waals surface area contributed by atoms with Gasteiger partial charge in [-0.15, -0.1) is 0 Å². The molecule has 0 aliphatic carbocycles. The second-order valence-electron chi connectivity index (χ2n) is 4.82. The number of aryl methyl sites for hydroxylation is 1. The Morgan fingerprint density at radius 3 is 2.87 bits per heavy atom. The monoisotopic (exact) mass is 329 g/mol. The quantitative estimate of drug-likeness (QED) is 0.450. The second kappa shape index (κ2) is 6.05. The highest BCUT2D eigenvalue weighted by Gasteiger charge is 2.12. The Hall–Kier alpha value is -2.93. The summed E-state index contributed by atoms with van der Waals surface area (Å²) in [7, 11) is 1.88. The molecule has 0 aliphatic rings. The van der Waals surface area contributed by atoms with Gasteiger partial charge in [0.1, 0.15) is 5.02 Å². The number of aromatic nitrogens is 2. The van der Waals surface area contributed by atoms with E-state index >= 15 is 0 Å². The van der Waals surface area contributed by atoms with E-state index in [-0.39, 0.29) is 10.7 Å². The van der Waals surface area contributed by atoms with E-state index in [1.54, 1.807) is 6.07 Å². The minimum absolute atomic E-state index is 0.0930. The molecule has 0 amide bonds. The topological polar surface area (TPSA) is 85.3 Å². The molecule has 1 aromatic heterocycles. The average molecular weight is 330 g/mol. The van der Waals surface area contributed by atoms with Crippen LogP contribution in [0.15, 0.2) is 47.6 Å². The maximum absolute atomic E-state index is 10.9. The number of fused-ring (bicyclic) bond motifs is 1.